The molecule has 1 aromatic rings. The quantitative estimate of drug-likeness (QED) is 0.817. The molecule has 7 heteroatoms. The van der Waals surface area contributed by atoms with Crippen LogP contribution in [0.4, 0.5) is 10.5 Å². The Balaban J connectivity index is 1.67. The van der Waals surface area contributed by atoms with Crippen LogP contribution in [-0.2, 0) is 0 Å². The SMILES string of the molecule is CCN(C(=O)N1CN(c2ccccc2Cl)N=N1)C1CCCCC1. The molecule has 124 valence electrons. The average molecular weight is 336 g/mol. The summed E-state index contributed by atoms with van der Waals surface area (Å²) in [6.45, 7) is 3.01. The molecule has 2 aliphatic rings. The molecule has 1 heterocycles. The van der Waals surface area contributed by atoms with E-state index in [0.717, 1.165) is 18.5 Å². The van der Waals surface area contributed by atoms with Gasteiger partial charge in [-0.05, 0) is 42.3 Å². The van der Waals surface area contributed by atoms with Crippen LogP contribution in [0.2, 0.25) is 5.02 Å². The first-order valence-corrected chi connectivity index (χ1v) is 8.60. The zero-order chi connectivity index (χ0) is 16.2. The summed E-state index contributed by atoms with van der Waals surface area (Å²) in [4.78, 5) is 14.7. The molecule has 0 atom stereocenters. The predicted octanol–water partition coefficient (Wildman–Crippen LogP) is 4.48. The smallest absolute Gasteiger partial charge is 0.320 e. The Bertz CT molecular complexity index is 588. The van der Waals surface area contributed by atoms with Gasteiger partial charge in [-0.3, -0.25) is 0 Å². The molecule has 1 aliphatic carbocycles. The van der Waals surface area contributed by atoms with Crippen molar-refractivity contribution in [2.75, 3.05) is 18.2 Å². The summed E-state index contributed by atoms with van der Waals surface area (Å²) in [7, 11) is 0. The lowest BCUT2D eigenvalue weighted by molar-refractivity contribution is 0.127. The normalized spacial score (nSPS) is 18.5. The number of rotatable bonds is 3. The maximum Gasteiger partial charge on any atom is 0.343 e. The molecular formula is C16H22ClN5O. The van der Waals surface area contributed by atoms with Crippen LogP contribution in [0.5, 0.6) is 0 Å². The van der Waals surface area contributed by atoms with Crippen molar-refractivity contribution >= 4 is 23.3 Å². The maximum atomic E-state index is 12.8. The van der Waals surface area contributed by atoms with Crippen molar-refractivity contribution in [1.29, 1.82) is 0 Å². The molecule has 0 spiro atoms. The van der Waals surface area contributed by atoms with Crippen molar-refractivity contribution in [3.05, 3.63) is 29.3 Å². The lowest BCUT2D eigenvalue weighted by Crippen LogP contribution is -2.47. The summed E-state index contributed by atoms with van der Waals surface area (Å²) in [6.07, 6.45) is 5.83. The first kappa shape index (κ1) is 16.1. The average Bonchev–Trinajstić information content (AvgIpc) is 3.06. The van der Waals surface area contributed by atoms with Crippen LogP contribution in [0.1, 0.15) is 39.0 Å². The summed E-state index contributed by atoms with van der Waals surface area (Å²) < 4.78 is 0. The molecule has 1 fully saturated rings. The number of anilines is 1. The number of hydrogen-bond donors (Lipinski definition) is 0. The summed E-state index contributed by atoms with van der Waals surface area (Å²) in [5.74, 6) is 0. The van der Waals surface area contributed by atoms with E-state index < -0.39 is 0 Å². The van der Waals surface area contributed by atoms with Gasteiger partial charge in [-0.2, -0.15) is 5.01 Å². The third-order valence-electron chi connectivity index (χ3n) is 4.48. The first-order valence-electron chi connectivity index (χ1n) is 8.22. The van der Waals surface area contributed by atoms with Crippen LogP contribution in [0, 0.1) is 0 Å². The number of carbonyl (C=O) groups is 1. The number of hydrogen-bond acceptors (Lipinski definition) is 4. The first-order chi connectivity index (χ1) is 11.2. The minimum atomic E-state index is -0.0716. The van der Waals surface area contributed by atoms with Gasteiger partial charge in [0.15, 0.2) is 0 Å². The maximum absolute atomic E-state index is 12.8. The summed E-state index contributed by atoms with van der Waals surface area (Å²) in [5.41, 5.74) is 0.758. The lowest BCUT2D eigenvalue weighted by Gasteiger charge is -2.34. The molecule has 0 saturated heterocycles. The molecule has 3 rings (SSSR count). The van der Waals surface area contributed by atoms with E-state index in [1.165, 1.54) is 24.3 Å². The molecule has 6 nitrogen and oxygen atoms in total. The number of para-hydroxylation sites is 1. The molecule has 0 radical (unpaired) electrons. The largest absolute Gasteiger partial charge is 0.343 e. The molecule has 1 saturated carbocycles. The molecule has 1 aromatic carbocycles. The Kier molecular flexibility index (Phi) is 5.00. The Morgan fingerprint density at radius 2 is 2.00 bits per heavy atom. The van der Waals surface area contributed by atoms with E-state index in [1.54, 1.807) is 11.1 Å². The minimum Gasteiger partial charge on any atom is -0.320 e. The Morgan fingerprint density at radius 3 is 2.70 bits per heavy atom. The van der Waals surface area contributed by atoms with Gasteiger partial charge in [0.05, 0.1) is 10.7 Å². The van der Waals surface area contributed by atoms with Crippen molar-refractivity contribution in [3.8, 4) is 0 Å². The van der Waals surface area contributed by atoms with E-state index in [0.29, 0.717) is 24.3 Å². The number of benzene rings is 1. The van der Waals surface area contributed by atoms with Crippen LogP contribution in [0.3, 0.4) is 0 Å². The monoisotopic (exact) mass is 335 g/mol. The molecule has 0 unspecified atom stereocenters. The third kappa shape index (κ3) is 3.42. The van der Waals surface area contributed by atoms with Gasteiger partial charge in [-0.15, -0.1) is 0 Å². The van der Waals surface area contributed by atoms with Crippen molar-refractivity contribution in [1.82, 2.24) is 9.91 Å². The van der Waals surface area contributed by atoms with Gasteiger partial charge < -0.3 is 4.90 Å². The standard InChI is InChI=1S/C16H22ClN5O/c1-2-20(13-8-4-3-5-9-13)16(23)22-12-21(18-19-22)15-11-7-6-10-14(15)17/h6-7,10-11,13H,2-5,8-9,12H2,1H3. The zero-order valence-electron chi connectivity index (χ0n) is 13.4. The van der Waals surface area contributed by atoms with Gasteiger partial charge in [0, 0.05) is 12.6 Å². The second kappa shape index (κ2) is 7.17. The van der Waals surface area contributed by atoms with E-state index in [2.05, 4.69) is 10.4 Å². The van der Waals surface area contributed by atoms with E-state index in [-0.39, 0.29) is 6.03 Å². The van der Waals surface area contributed by atoms with Crippen LogP contribution in [0.25, 0.3) is 0 Å². The van der Waals surface area contributed by atoms with Crippen LogP contribution < -0.4 is 5.01 Å². The Labute approximate surface area is 141 Å². The number of halogens is 1. The van der Waals surface area contributed by atoms with E-state index >= 15 is 0 Å². The second-order valence-electron chi connectivity index (χ2n) is 5.93. The Hall–Kier alpha value is -1.82. The fourth-order valence-electron chi connectivity index (χ4n) is 3.25. The van der Waals surface area contributed by atoms with E-state index in [9.17, 15) is 4.79 Å². The molecule has 1 aliphatic heterocycles. The third-order valence-corrected chi connectivity index (χ3v) is 4.80. The van der Waals surface area contributed by atoms with Crippen LogP contribution in [-0.4, -0.2) is 35.2 Å². The van der Waals surface area contributed by atoms with E-state index in [4.69, 9.17) is 11.6 Å². The molecular weight excluding hydrogens is 314 g/mol. The summed E-state index contributed by atoms with van der Waals surface area (Å²) in [5, 5.41) is 11.8. The zero-order valence-corrected chi connectivity index (χ0v) is 14.1. The summed E-state index contributed by atoms with van der Waals surface area (Å²) in [6, 6.07) is 7.68. The van der Waals surface area contributed by atoms with Crippen LogP contribution in [0.15, 0.2) is 34.7 Å². The van der Waals surface area contributed by atoms with Crippen molar-refractivity contribution in [2.24, 2.45) is 10.4 Å². The minimum absolute atomic E-state index is 0.0716. The van der Waals surface area contributed by atoms with Gasteiger partial charge in [0.1, 0.15) is 6.67 Å². The number of nitrogens with zero attached hydrogens (tertiary/aromatic N) is 5. The summed E-state index contributed by atoms with van der Waals surface area (Å²) >= 11 is 6.19. The van der Waals surface area contributed by atoms with Crippen molar-refractivity contribution in [3.63, 3.8) is 0 Å². The molecule has 0 N–H and O–H groups in total. The fraction of sp³-hybridized carbons (Fsp3) is 0.562. The van der Waals surface area contributed by atoms with Gasteiger partial charge >= 0.3 is 6.03 Å². The highest BCUT2D eigenvalue weighted by molar-refractivity contribution is 6.33. The predicted molar refractivity (Wildman–Crippen MR) is 90.1 cm³/mol. The Morgan fingerprint density at radius 1 is 1.26 bits per heavy atom. The molecule has 0 bridgehead atoms. The number of amides is 2. The van der Waals surface area contributed by atoms with Gasteiger partial charge in [-0.1, -0.05) is 43.0 Å². The highest BCUT2D eigenvalue weighted by Crippen LogP contribution is 2.29. The topological polar surface area (TPSA) is 51.5 Å². The number of urea groups is 1. The van der Waals surface area contributed by atoms with Crippen molar-refractivity contribution in [2.45, 2.75) is 45.1 Å². The van der Waals surface area contributed by atoms with Gasteiger partial charge in [0.2, 0.25) is 0 Å². The highest BCUT2D eigenvalue weighted by Gasteiger charge is 2.31. The molecule has 2 amide bonds. The highest BCUT2D eigenvalue weighted by atomic mass is 35.5. The fourth-order valence-corrected chi connectivity index (χ4v) is 3.49. The number of carbonyl (C=O) groups excluding carboxylic acids is 1. The van der Waals surface area contributed by atoms with Gasteiger partial charge in [0.25, 0.3) is 0 Å². The van der Waals surface area contributed by atoms with Gasteiger partial charge in [-0.25, -0.2) is 9.80 Å². The lowest BCUT2D eigenvalue weighted by atomic mass is 9.94. The molecule has 23 heavy (non-hydrogen) atoms. The second-order valence-corrected chi connectivity index (χ2v) is 6.34. The van der Waals surface area contributed by atoms with Crippen LogP contribution >= 0.6 is 11.6 Å². The van der Waals surface area contributed by atoms with Crippen molar-refractivity contribution < 1.29 is 4.79 Å². The molecule has 0 aromatic heterocycles. The van der Waals surface area contributed by atoms with E-state index in [1.807, 2.05) is 30.0 Å².